The third-order valence-electron chi connectivity index (χ3n) is 5.78. The van der Waals surface area contributed by atoms with Gasteiger partial charge < -0.3 is 10.1 Å². The molecular weight excluding hydrogens is 338 g/mol. The predicted molar refractivity (Wildman–Crippen MR) is 99.9 cm³/mol. The summed E-state index contributed by atoms with van der Waals surface area (Å²) >= 11 is 0. The number of hydrogen-bond acceptors (Lipinski definition) is 6. The number of fused-ring (bicyclic) bond motifs is 1. The Bertz CT molecular complexity index is 900. The molecule has 1 aromatic carbocycles. The Hall–Kier alpha value is -3.14. The molecule has 1 aliphatic heterocycles. The molecule has 0 bridgehead atoms. The third-order valence-corrected chi connectivity index (χ3v) is 5.78. The van der Waals surface area contributed by atoms with Crippen LogP contribution in [0.5, 0.6) is 5.75 Å². The number of ether oxygens (including phenoxy) is 1. The Labute approximate surface area is 159 Å². The molecule has 1 fully saturated rings. The lowest BCUT2D eigenvalue weighted by Gasteiger charge is -2.47. The van der Waals surface area contributed by atoms with Crippen molar-refractivity contribution in [1.29, 1.82) is 21.2 Å². The fourth-order valence-electron chi connectivity index (χ4n) is 4.38. The second kappa shape index (κ2) is 7.23. The number of nitrogens with one attached hydrogen (secondary N) is 1. The molecule has 0 spiro atoms. The third kappa shape index (κ3) is 2.69. The molecular formula is C21H21N5O. The Morgan fingerprint density at radius 2 is 1.96 bits per heavy atom. The van der Waals surface area contributed by atoms with Crippen LogP contribution >= 0.6 is 0 Å². The second-order valence-electron chi connectivity index (χ2n) is 6.88. The standard InChI is InChI=1S/C21H21N5O/c1-3-26-9-8-17-16(11-26)19(14-6-4-5-7-18(14)27-2)15(10-22)20(25)21(17,12-23)13-24/h4-8,15-16,19,25H,3,9,11H2,1-2H3/t15-,16+,19+/m0/s1. The van der Waals surface area contributed by atoms with Crippen LogP contribution in [0.3, 0.4) is 0 Å². The van der Waals surface area contributed by atoms with Crippen molar-refractivity contribution >= 4 is 5.71 Å². The number of rotatable bonds is 3. The van der Waals surface area contributed by atoms with Gasteiger partial charge in [0, 0.05) is 24.9 Å². The number of hydrogen-bond donors (Lipinski definition) is 1. The Morgan fingerprint density at radius 3 is 2.56 bits per heavy atom. The van der Waals surface area contributed by atoms with E-state index in [1.165, 1.54) is 0 Å². The summed E-state index contributed by atoms with van der Waals surface area (Å²) in [4.78, 5) is 2.22. The number of nitriles is 3. The maximum absolute atomic E-state index is 9.91. The summed E-state index contributed by atoms with van der Waals surface area (Å²) in [5.74, 6) is -0.744. The lowest BCUT2D eigenvalue weighted by Crippen LogP contribution is -2.52. The summed E-state index contributed by atoms with van der Waals surface area (Å²) in [5, 5.41) is 38.2. The zero-order valence-corrected chi connectivity index (χ0v) is 15.4. The van der Waals surface area contributed by atoms with E-state index in [1.54, 1.807) is 7.11 Å². The zero-order valence-electron chi connectivity index (χ0n) is 15.4. The van der Waals surface area contributed by atoms with Crippen LogP contribution in [0, 0.1) is 56.7 Å². The largest absolute Gasteiger partial charge is 0.496 e. The normalized spacial score (nSPS) is 26.7. The summed E-state index contributed by atoms with van der Waals surface area (Å²) in [7, 11) is 1.58. The van der Waals surface area contributed by atoms with E-state index >= 15 is 0 Å². The molecule has 0 unspecified atom stereocenters. The van der Waals surface area contributed by atoms with Crippen molar-refractivity contribution < 1.29 is 4.74 Å². The zero-order chi connectivity index (χ0) is 19.6. The van der Waals surface area contributed by atoms with Gasteiger partial charge in [0.15, 0.2) is 0 Å². The number of likely N-dealkylation sites (N-methyl/N-ethyl adjacent to an activating group) is 1. The first-order valence-electron chi connectivity index (χ1n) is 8.94. The topological polar surface area (TPSA) is 108 Å². The van der Waals surface area contributed by atoms with Crippen LogP contribution in [0.25, 0.3) is 0 Å². The smallest absolute Gasteiger partial charge is 0.203 e. The molecule has 0 amide bonds. The molecule has 1 saturated carbocycles. The van der Waals surface area contributed by atoms with Gasteiger partial charge >= 0.3 is 0 Å². The SMILES string of the molecule is CCN1CC=C2[C@@H](C1)[C@H](c1ccccc1OC)[C@H](C#N)C(=N)C2(C#N)C#N. The van der Waals surface area contributed by atoms with Crippen LogP contribution in [-0.2, 0) is 0 Å². The highest BCUT2D eigenvalue weighted by atomic mass is 16.5. The fraction of sp³-hybridized carbons (Fsp3) is 0.429. The van der Waals surface area contributed by atoms with E-state index in [0.29, 0.717) is 24.4 Å². The number of nitrogens with zero attached hydrogens (tertiary/aromatic N) is 4. The predicted octanol–water partition coefficient (Wildman–Crippen LogP) is 2.86. The van der Waals surface area contributed by atoms with Crippen molar-refractivity contribution in [3.8, 4) is 24.0 Å². The minimum Gasteiger partial charge on any atom is -0.496 e. The van der Waals surface area contributed by atoms with Crippen molar-refractivity contribution in [1.82, 2.24) is 4.90 Å². The summed E-state index contributed by atoms with van der Waals surface area (Å²) in [6.07, 6.45) is 1.91. The van der Waals surface area contributed by atoms with Gasteiger partial charge in [0.2, 0.25) is 5.41 Å². The van der Waals surface area contributed by atoms with Crippen LogP contribution in [0.1, 0.15) is 18.4 Å². The summed E-state index contributed by atoms with van der Waals surface area (Å²) < 4.78 is 5.52. The molecule has 6 heteroatoms. The van der Waals surface area contributed by atoms with Gasteiger partial charge in [-0.1, -0.05) is 31.2 Å². The highest BCUT2D eigenvalue weighted by Crippen LogP contribution is 2.53. The monoisotopic (exact) mass is 359 g/mol. The van der Waals surface area contributed by atoms with Crippen molar-refractivity contribution in [2.45, 2.75) is 12.8 Å². The molecule has 27 heavy (non-hydrogen) atoms. The first-order valence-corrected chi connectivity index (χ1v) is 8.94. The maximum atomic E-state index is 9.91. The van der Waals surface area contributed by atoms with E-state index in [1.807, 2.05) is 30.3 Å². The molecule has 6 nitrogen and oxygen atoms in total. The highest BCUT2D eigenvalue weighted by molar-refractivity contribution is 6.01. The van der Waals surface area contributed by atoms with Crippen molar-refractivity contribution in [3.63, 3.8) is 0 Å². The molecule has 3 rings (SSSR count). The van der Waals surface area contributed by atoms with Gasteiger partial charge in [0.1, 0.15) is 5.75 Å². The van der Waals surface area contributed by atoms with E-state index in [4.69, 9.17) is 10.1 Å². The molecule has 3 atom stereocenters. The van der Waals surface area contributed by atoms with Gasteiger partial charge in [-0.2, -0.15) is 15.8 Å². The Kier molecular flexibility index (Phi) is 5.00. The van der Waals surface area contributed by atoms with Crippen LogP contribution in [0.2, 0.25) is 0 Å². The fourth-order valence-corrected chi connectivity index (χ4v) is 4.38. The molecule has 1 aliphatic carbocycles. The summed E-state index contributed by atoms with van der Waals surface area (Å²) in [6.45, 7) is 4.17. The molecule has 0 aromatic heterocycles. The van der Waals surface area contributed by atoms with E-state index in [9.17, 15) is 15.8 Å². The van der Waals surface area contributed by atoms with E-state index in [2.05, 4.69) is 30.0 Å². The Balaban J connectivity index is 2.25. The summed E-state index contributed by atoms with van der Waals surface area (Å²) in [6, 6.07) is 13.8. The molecule has 0 radical (unpaired) electrons. The van der Waals surface area contributed by atoms with Crippen LogP contribution in [0.15, 0.2) is 35.9 Å². The van der Waals surface area contributed by atoms with Gasteiger partial charge in [0.05, 0.1) is 36.9 Å². The first kappa shape index (κ1) is 18.6. The van der Waals surface area contributed by atoms with Gasteiger partial charge in [-0.25, -0.2) is 0 Å². The maximum Gasteiger partial charge on any atom is 0.203 e. The molecule has 1 aromatic rings. The van der Waals surface area contributed by atoms with Crippen LogP contribution < -0.4 is 4.74 Å². The van der Waals surface area contributed by atoms with E-state index in [-0.39, 0.29) is 17.5 Å². The summed E-state index contributed by atoms with van der Waals surface area (Å²) in [5.41, 5.74) is -0.291. The van der Waals surface area contributed by atoms with Gasteiger partial charge in [-0.05, 0) is 23.7 Å². The van der Waals surface area contributed by atoms with Gasteiger partial charge in [-0.15, -0.1) is 0 Å². The highest BCUT2D eigenvalue weighted by Gasteiger charge is 2.56. The molecule has 2 aliphatic rings. The molecule has 136 valence electrons. The number of para-hydroxylation sites is 1. The minimum absolute atomic E-state index is 0.127. The Morgan fingerprint density at radius 1 is 1.26 bits per heavy atom. The van der Waals surface area contributed by atoms with Gasteiger partial charge in [0.25, 0.3) is 0 Å². The molecule has 0 saturated heterocycles. The minimum atomic E-state index is -1.66. The van der Waals surface area contributed by atoms with Gasteiger partial charge in [-0.3, -0.25) is 4.90 Å². The molecule has 1 N–H and O–H groups in total. The number of benzene rings is 1. The lowest BCUT2D eigenvalue weighted by atomic mass is 9.55. The first-order chi connectivity index (χ1) is 13.1. The van der Waals surface area contributed by atoms with Crippen molar-refractivity contribution in [2.75, 3.05) is 26.7 Å². The average molecular weight is 359 g/mol. The average Bonchev–Trinajstić information content (AvgIpc) is 2.73. The van der Waals surface area contributed by atoms with E-state index in [0.717, 1.165) is 12.1 Å². The van der Waals surface area contributed by atoms with Crippen molar-refractivity contribution in [3.05, 3.63) is 41.5 Å². The van der Waals surface area contributed by atoms with Crippen LogP contribution in [0.4, 0.5) is 0 Å². The van der Waals surface area contributed by atoms with E-state index < -0.39 is 11.3 Å². The molecule has 1 heterocycles. The quantitative estimate of drug-likeness (QED) is 0.835. The number of methoxy groups -OCH3 is 1. The van der Waals surface area contributed by atoms with Crippen molar-refractivity contribution in [2.24, 2.45) is 17.3 Å². The lowest BCUT2D eigenvalue weighted by molar-refractivity contribution is 0.216. The second-order valence-corrected chi connectivity index (χ2v) is 6.88. The van der Waals surface area contributed by atoms with Crippen LogP contribution in [-0.4, -0.2) is 37.4 Å².